The van der Waals surface area contributed by atoms with Crippen molar-refractivity contribution in [2.24, 2.45) is 5.73 Å². The number of aromatic nitrogens is 2. The lowest BCUT2D eigenvalue weighted by Gasteiger charge is -2.33. The molecular formula is C14H22N4O2. The van der Waals surface area contributed by atoms with Gasteiger partial charge in [-0.2, -0.15) is 0 Å². The molecule has 0 radical (unpaired) electrons. The van der Waals surface area contributed by atoms with Gasteiger partial charge >= 0.3 is 0 Å². The number of hydrogen-bond donors (Lipinski definition) is 1. The monoisotopic (exact) mass is 278 g/mol. The van der Waals surface area contributed by atoms with E-state index in [9.17, 15) is 4.79 Å². The van der Waals surface area contributed by atoms with Crippen molar-refractivity contribution in [1.82, 2.24) is 14.9 Å². The third kappa shape index (κ3) is 3.32. The van der Waals surface area contributed by atoms with E-state index in [0.29, 0.717) is 25.4 Å². The van der Waals surface area contributed by atoms with Gasteiger partial charge < -0.3 is 15.4 Å². The first-order valence-corrected chi connectivity index (χ1v) is 6.97. The van der Waals surface area contributed by atoms with Crippen LogP contribution in [-0.4, -0.2) is 47.1 Å². The van der Waals surface area contributed by atoms with Crippen molar-refractivity contribution in [3.63, 3.8) is 0 Å². The Morgan fingerprint density at radius 3 is 3.05 bits per heavy atom. The molecule has 0 spiro atoms. The molecule has 1 aliphatic heterocycles. The van der Waals surface area contributed by atoms with E-state index in [1.807, 2.05) is 17.9 Å². The fourth-order valence-corrected chi connectivity index (χ4v) is 2.65. The molecule has 0 aliphatic carbocycles. The zero-order valence-corrected chi connectivity index (χ0v) is 12.1. The van der Waals surface area contributed by atoms with Crippen LogP contribution in [0.3, 0.4) is 0 Å². The summed E-state index contributed by atoms with van der Waals surface area (Å²) in [4.78, 5) is 22.7. The van der Waals surface area contributed by atoms with Crippen molar-refractivity contribution in [3.05, 3.63) is 23.8 Å². The van der Waals surface area contributed by atoms with E-state index < -0.39 is 0 Å². The fraction of sp³-hybridized carbons (Fsp3) is 0.643. The summed E-state index contributed by atoms with van der Waals surface area (Å²) in [6.07, 6.45) is 3.90. The first kappa shape index (κ1) is 14.9. The molecule has 2 heterocycles. The second kappa shape index (κ2) is 6.76. The maximum Gasteiger partial charge on any atom is 0.223 e. The zero-order chi connectivity index (χ0) is 14.5. The number of amides is 1. The number of rotatable bonds is 4. The van der Waals surface area contributed by atoms with E-state index in [2.05, 4.69) is 9.97 Å². The largest absolute Gasteiger partial charge is 0.383 e. The Bertz CT molecular complexity index is 466. The number of nitrogens with two attached hydrogens (primary N) is 1. The second-order valence-electron chi connectivity index (χ2n) is 5.11. The quantitative estimate of drug-likeness (QED) is 0.881. The minimum atomic E-state index is -0.193. The maximum absolute atomic E-state index is 12.3. The zero-order valence-electron chi connectivity index (χ0n) is 12.1. The highest BCUT2D eigenvalue weighted by Crippen LogP contribution is 2.28. The van der Waals surface area contributed by atoms with Crippen molar-refractivity contribution in [2.45, 2.75) is 38.3 Å². The molecule has 2 unspecified atom stereocenters. The van der Waals surface area contributed by atoms with Gasteiger partial charge in [0, 0.05) is 32.3 Å². The Morgan fingerprint density at radius 2 is 2.35 bits per heavy atom. The number of aryl methyl sites for hydroxylation is 1. The summed E-state index contributed by atoms with van der Waals surface area (Å²) in [7, 11) is 1.63. The summed E-state index contributed by atoms with van der Waals surface area (Å²) in [5.41, 5.74) is 7.11. The van der Waals surface area contributed by atoms with E-state index in [0.717, 1.165) is 18.5 Å². The van der Waals surface area contributed by atoms with Crippen LogP contribution in [0.1, 0.15) is 36.8 Å². The van der Waals surface area contributed by atoms with Crippen molar-refractivity contribution in [2.75, 3.05) is 20.3 Å². The highest BCUT2D eigenvalue weighted by molar-refractivity contribution is 5.77. The van der Waals surface area contributed by atoms with Crippen molar-refractivity contribution < 1.29 is 9.53 Å². The normalized spacial score (nSPS) is 23.8. The van der Waals surface area contributed by atoms with Crippen LogP contribution in [0.2, 0.25) is 0 Å². The topological polar surface area (TPSA) is 81.3 Å². The van der Waals surface area contributed by atoms with Gasteiger partial charge in [0.15, 0.2) is 0 Å². The van der Waals surface area contributed by atoms with E-state index >= 15 is 0 Å². The molecule has 0 saturated carbocycles. The highest BCUT2D eigenvalue weighted by Gasteiger charge is 2.33. The molecular weight excluding hydrogens is 256 g/mol. The summed E-state index contributed by atoms with van der Waals surface area (Å²) in [6, 6.07) is 1.55. The Labute approximate surface area is 119 Å². The number of hydrogen-bond acceptors (Lipinski definition) is 5. The second-order valence-corrected chi connectivity index (χ2v) is 5.11. The van der Waals surface area contributed by atoms with Gasteiger partial charge in [0.05, 0.1) is 18.3 Å². The van der Waals surface area contributed by atoms with Gasteiger partial charge in [-0.25, -0.2) is 9.97 Å². The van der Waals surface area contributed by atoms with Gasteiger partial charge in [-0.15, -0.1) is 0 Å². The number of carbonyl (C=O) groups is 1. The summed E-state index contributed by atoms with van der Waals surface area (Å²) in [5.74, 6) is 0.814. The molecule has 2 rings (SSSR count). The SMILES string of the molecule is COCCN1C(=O)CCCC(N)C1c1ccnc(C)n1. The minimum absolute atomic E-state index is 0.104. The predicted molar refractivity (Wildman–Crippen MR) is 74.9 cm³/mol. The number of nitrogens with zero attached hydrogens (tertiary/aromatic N) is 3. The van der Waals surface area contributed by atoms with E-state index in [4.69, 9.17) is 10.5 Å². The Balaban J connectivity index is 2.32. The van der Waals surface area contributed by atoms with Crippen LogP contribution in [0.15, 0.2) is 12.3 Å². The van der Waals surface area contributed by atoms with E-state index in [1.165, 1.54) is 0 Å². The molecule has 6 nitrogen and oxygen atoms in total. The van der Waals surface area contributed by atoms with Crippen molar-refractivity contribution in [3.8, 4) is 0 Å². The molecule has 1 amide bonds. The van der Waals surface area contributed by atoms with Crippen LogP contribution in [0.25, 0.3) is 0 Å². The van der Waals surface area contributed by atoms with Gasteiger partial charge in [0.2, 0.25) is 5.91 Å². The third-order valence-corrected chi connectivity index (χ3v) is 3.63. The van der Waals surface area contributed by atoms with Gasteiger partial charge in [0.1, 0.15) is 5.82 Å². The van der Waals surface area contributed by atoms with Gasteiger partial charge in [0.25, 0.3) is 0 Å². The van der Waals surface area contributed by atoms with Crippen molar-refractivity contribution >= 4 is 5.91 Å². The van der Waals surface area contributed by atoms with Crippen LogP contribution in [0, 0.1) is 6.92 Å². The molecule has 110 valence electrons. The highest BCUT2D eigenvalue weighted by atomic mass is 16.5. The lowest BCUT2D eigenvalue weighted by Crippen LogP contribution is -2.44. The van der Waals surface area contributed by atoms with Crippen LogP contribution in [-0.2, 0) is 9.53 Å². The molecule has 1 aliphatic rings. The summed E-state index contributed by atoms with van der Waals surface area (Å²) in [5, 5.41) is 0. The van der Waals surface area contributed by atoms with Crippen molar-refractivity contribution in [1.29, 1.82) is 0 Å². The van der Waals surface area contributed by atoms with Crippen LogP contribution < -0.4 is 5.73 Å². The maximum atomic E-state index is 12.3. The summed E-state index contributed by atoms with van der Waals surface area (Å²) >= 11 is 0. The molecule has 2 N–H and O–H groups in total. The smallest absolute Gasteiger partial charge is 0.223 e. The molecule has 1 aromatic rings. The predicted octanol–water partition coefficient (Wildman–Crippen LogP) is 0.812. The van der Waals surface area contributed by atoms with E-state index in [-0.39, 0.29) is 18.0 Å². The molecule has 1 fully saturated rings. The Kier molecular flexibility index (Phi) is 5.03. The Hall–Kier alpha value is -1.53. The minimum Gasteiger partial charge on any atom is -0.383 e. The molecule has 1 saturated heterocycles. The molecule has 0 aromatic carbocycles. The molecule has 6 heteroatoms. The average Bonchev–Trinajstić information content (AvgIpc) is 2.55. The molecule has 2 atom stereocenters. The number of ether oxygens (including phenoxy) is 1. The van der Waals surface area contributed by atoms with Gasteiger partial charge in [-0.05, 0) is 25.8 Å². The summed E-state index contributed by atoms with van der Waals surface area (Å²) < 4.78 is 5.11. The number of carbonyl (C=O) groups excluding carboxylic acids is 1. The lowest BCUT2D eigenvalue weighted by molar-refractivity contribution is -0.134. The van der Waals surface area contributed by atoms with Gasteiger partial charge in [-0.3, -0.25) is 4.79 Å². The molecule has 0 bridgehead atoms. The summed E-state index contributed by atoms with van der Waals surface area (Å²) in [6.45, 7) is 2.88. The first-order chi connectivity index (χ1) is 9.63. The number of methoxy groups -OCH3 is 1. The fourth-order valence-electron chi connectivity index (χ4n) is 2.65. The number of likely N-dealkylation sites (tertiary alicyclic amines) is 1. The van der Waals surface area contributed by atoms with Crippen LogP contribution >= 0.6 is 0 Å². The standard InChI is InChI=1S/C14H22N4O2/c1-10-16-7-6-12(17-10)14-11(15)4-3-5-13(19)18(14)8-9-20-2/h6-7,11,14H,3-5,8-9,15H2,1-2H3. The average molecular weight is 278 g/mol. The first-order valence-electron chi connectivity index (χ1n) is 6.97. The lowest BCUT2D eigenvalue weighted by atomic mass is 10.0. The Morgan fingerprint density at radius 1 is 1.55 bits per heavy atom. The molecule has 20 heavy (non-hydrogen) atoms. The molecule has 1 aromatic heterocycles. The third-order valence-electron chi connectivity index (χ3n) is 3.63. The van der Waals surface area contributed by atoms with E-state index in [1.54, 1.807) is 13.3 Å². The van der Waals surface area contributed by atoms with Crippen LogP contribution in [0.5, 0.6) is 0 Å². The van der Waals surface area contributed by atoms with Gasteiger partial charge in [-0.1, -0.05) is 0 Å². The van der Waals surface area contributed by atoms with Crippen LogP contribution in [0.4, 0.5) is 0 Å².